The molecule has 0 amide bonds. The summed E-state index contributed by atoms with van der Waals surface area (Å²) < 4.78 is 0. The molecule has 0 aromatic heterocycles. The highest BCUT2D eigenvalue weighted by molar-refractivity contribution is 5.96. The lowest BCUT2D eigenvalue weighted by Gasteiger charge is -2.23. The number of fused-ring (bicyclic) bond motifs is 4. The number of hydrogen-bond acceptors (Lipinski definition) is 2. The quantitative estimate of drug-likeness (QED) is 0.600. The van der Waals surface area contributed by atoms with Crippen LogP contribution in [0.3, 0.4) is 0 Å². The SMILES string of the molecule is CC1(C)c2cc3ccccc3cc2-c2ccc(N)c(N)c21. The van der Waals surface area contributed by atoms with Crippen LogP contribution in [-0.4, -0.2) is 0 Å². The van der Waals surface area contributed by atoms with E-state index in [2.05, 4.69) is 56.3 Å². The highest BCUT2D eigenvalue weighted by Crippen LogP contribution is 2.52. The van der Waals surface area contributed by atoms with Gasteiger partial charge in [0, 0.05) is 5.41 Å². The molecule has 0 fully saturated rings. The molecule has 1 aliphatic rings. The van der Waals surface area contributed by atoms with E-state index < -0.39 is 0 Å². The van der Waals surface area contributed by atoms with Crippen LogP contribution in [0, 0.1) is 0 Å². The Morgan fingerprint density at radius 1 is 0.810 bits per heavy atom. The first-order valence-corrected chi connectivity index (χ1v) is 7.22. The molecule has 1 aliphatic carbocycles. The summed E-state index contributed by atoms with van der Waals surface area (Å²) in [4.78, 5) is 0. The summed E-state index contributed by atoms with van der Waals surface area (Å²) in [6, 6.07) is 17.0. The van der Waals surface area contributed by atoms with E-state index in [1.165, 1.54) is 27.5 Å². The first-order valence-electron chi connectivity index (χ1n) is 7.22. The molecule has 2 nitrogen and oxygen atoms in total. The van der Waals surface area contributed by atoms with E-state index in [4.69, 9.17) is 11.5 Å². The normalized spacial score (nSPS) is 15.0. The fraction of sp³-hybridized carbons (Fsp3) is 0.158. The zero-order chi connectivity index (χ0) is 14.8. The van der Waals surface area contributed by atoms with Crippen LogP contribution in [0.1, 0.15) is 25.0 Å². The first-order chi connectivity index (χ1) is 10.00. The molecule has 0 bridgehead atoms. The molecular formula is C19H18N2. The lowest BCUT2D eigenvalue weighted by Crippen LogP contribution is -2.17. The molecular weight excluding hydrogens is 256 g/mol. The molecule has 0 radical (unpaired) electrons. The second kappa shape index (κ2) is 3.79. The van der Waals surface area contributed by atoms with Crippen molar-refractivity contribution in [2.45, 2.75) is 19.3 Å². The Morgan fingerprint density at radius 2 is 1.48 bits per heavy atom. The van der Waals surface area contributed by atoms with E-state index in [9.17, 15) is 0 Å². The van der Waals surface area contributed by atoms with E-state index in [0.717, 1.165) is 11.3 Å². The summed E-state index contributed by atoms with van der Waals surface area (Å²) in [7, 11) is 0. The van der Waals surface area contributed by atoms with Crippen molar-refractivity contribution in [1.29, 1.82) is 0 Å². The van der Waals surface area contributed by atoms with Crippen LogP contribution >= 0.6 is 0 Å². The molecule has 0 atom stereocenters. The van der Waals surface area contributed by atoms with E-state index in [1.54, 1.807) is 0 Å². The van der Waals surface area contributed by atoms with E-state index in [-0.39, 0.29) is 5.41 Å². The Morgan fingerprint density at radius 3 is 2.19 bits per heavy atom. The fourth-order valence-electron chi connectivity index (χ4n) is 3.65. The van der Waals surface area contributed by atoms with Gasteiger partial charge in [0.1, 0.15) is 0 Å². The van der Waals surface area contributed by atoms with Crippen LogP contribution in [0.2, 0.25) is 0 Å². The van der Waals surface area contributed by atoms with Crippen molar-refractivity contribution in [3.05, 3.63) is 59.7 Å². The number of rotatable bonds is 0. The fourth-order valence-corrected chi connectivity index (χ4v) is 3.65. The summed E-state index contributed by atoms with van der Waals surface area (Å²) in [5, 5.41) is 2.53. The van der Waals surface area contributed by atoms with Gasteiger partial charge in [-0.15, -0.1) is 0 Å². The summed E-state index contributed by atoms with van der Waals surface area (Å²) in [6.07, 6.45) is 0. The molecule has 0 unspecified atom stereocenters. The van der Waals surface area contributed by atoms with Gasteiger partial charge in [-0.05, 0) is 51.2 Å². The number of nitrogens with two attached hydrogens (primary N) is 2. The van der Waals surface area contributed by atoms with Crippen LogP contribution < -0.4 is 11.5 Å². The van der Waals surface area contributed by atoms with Gasteiger partial charge in [-0.3, -0.25) is 0 Å². The first kappa shape index (κ1) is 12.3. The minimum atomic E-state index is -0.117. The van der Waals surface area contributed by atoms with E-state index in [0.29, 0.717) is 5.69 Å². The van der Waals surface area contributed by atoms with Gasteiger partial charge in [-0.1, -0.05) is 44.2 Å². The Balaban J connectivity index is 2.15. The van der Waals surface area contributed by atoms with Gasteiger partial charge in [0.2, 0.25) is 0 Å². The molecule has 0 saturated heterocycles. The molecule has 4 rings (SSSR count). The van der Waals surface area contributed by atoms with Crippen molar-refractivity contribution < 1.29 is 0 Å². The zero-order valence-electron chi connectivity index (χ0n) is 12.3. The predicted molar refractivity (Wildman–Crippen MR) is 90.3 cm³/mol. The Kier molecular flexibility index (Phi) is 2.22. The smallest absolute Gasteiger partial charge is 0.0595 e. The zero-order valence-corrected chi connectivity index (χ0v) is 12.3. The molecule has 0 heterocycles. The summed E-state index contributed by atoms with van der Waals surface area (Å²) >= 11 is 0. The van der Waals surface area contributed by atoms with E-state index >= 15 is 0 Å². The van der Waals surface area contributed by atoms with Gasteiger partial charge in [-0.2, -0.15) is 0 Å². The lowest BCUT2D eigenvalue weighted by atomic mass is 9.81. The van der Waals surface area contributed by atoms with Crippen molar-refractivity contribution in [1.82, 2.24) is 0 Å². The van der Waals surface area contributed by atoms with Crippen molar-refractivity contribution in [2.24, 2.45) is 0 Å². The number of anilines is 2. The van der Waals surface area contributed by atoms with Crippen LogP contribution in [0.4, 0.5) is 11.4 Å². The predicted octanol–water partition coefficient (Wildman–Crippen LogP) is 4.31. The summed E-state index contributed by atoms with van der Waals surface area (Å²) in [5.41, 5.74) is 18.6. The van der Waals surface area contributed by atoms with Crippen LogP contribution in [-0.2, 0) is 5.41 Å². The second-order valence-corrected chi connectivity index (χ2v) is 6.36. The van der Waals surface area contributed by atoms with Crippen LogP contribution in [0.25, 0.3) is 21.9 Å². The maximum atomic E-state index is 6.29. The topological polar surface area (TPSA) is 52.0 Å². The number of nitrogen functional groups attached to an aromatic ring is 2. The van der Waals surface area contributed by atoms with Gasteiger partial charge < -0.3 is 11.5 Å². The third-order valence-corrected chi connectivity index (χ3v) is 4.75. The number of benzene rings is 3. The summed E-state index contributed by atoms with van der Waals surface area (Å²) in [5.74, 6) is 0. The Bertz CT molecular complexity index is 891. The average Bonchev–Trinajstić information content (AvgIpc) is 2.69. The summed E-state index contributed by atoms with van der Waals surface area (Å²) in [6.45, 7) is 4.45. The highest BCUT2D eigenvalue weighted by Gasteiger charge is 2.37. The van der Waals surface area contributed by atoms with Gasteiger partial charge in [0.15, 0.2) is 0 Å². The third-order valence-electron chi connectivity index (χ3n) is 4.75. The third kappa shape index (κ3) is 1.47. The molecule has 2 heteroatoms. The standard InChI is InChI=1S/C19H18N2/c1-19(2)15-10-12-6-4-3-5-11(12)9-14(15)13-7-8-16(20)18(21)17(13)19/h3-10H,20-21H2,1-2H3. The van der Waals surface area contributed by atoms with Crippen molar-refractivity contribution in [3.63, 3.8) is 0 Å². The Labute approximate surface area is 124 Å². The average molecular weight is 274 g/mol. The molecule has 4 N–H and O–H groups in total. The van der Waals surface area contributed by atoms with Gasteiger partial charge in [0.05, 0.1) is 11.4 Å². The highest BCUT2D eigenvalue weighted by atomic mass is 14.7. The van der Waals surface area contributed by atoms with Gasteiger partial charge in [0.25, 0.3) is 0 Å². The van der Waals surface area contributed by atoms with Gasteiger partial charge >= 0.3 is 0 Å². The maximum Gasteiger partial charge on any atom is 0.0595 e. The molecule has 104 valence electrons. The second-order valence-electron chi connectivity index (χ2n) is 6.36. The van der Waals surface area contributed by atoms with Crippen LogP contribution in [0.15, 0.2) is 48.5 Å². The molecule has 21 heavy (non-hydrogen) atoms. The monoisotopic (exact) mass is 274 g/mol. The van der Waals surface area contributed by atoms with Crippen molar-refractivity contribution in [3.8, 4) is 11.1 Å². The minimum Gasteiger partial charge on any atom is -0.397 e. The minimum absolute atomic E-state index is 0.117. The molecule has 0 spiro atoms. The van der Waals surface area contributed by atoms with Crippen LogP contribution in [0.5, 0.6) is 0 Å². The maximum absolute atomic E-state index is 6.29. The lowest BCUT2D eigenvalue weighted by molar-refractivity contribution is 0.664. The van der Waals surface area contributed by atoms with Crippen molar-refractivity contribution in [2.75, 3.05) is 11.5 Å². The molecule has 3 aromatic rings. The van der Waals surface area contributed by atoms with E-state index in [1.807, 2.05) is 6.07 Å². The Hall–Kier alpha value is -2.48. The molecule has 0 saturated carbocycles. The van der Waals surface area contributed by atoms with Crippen molar-refractivity contribution >= 4 is 22.1 Å². The van der Waals surface area contributed by atoms with Gasteiger partial charge in [-0.25, -0.2) is 0 Å². The number of hydrogen-bond donors (Lipinski definition) is 2. The largest absolute Gasteiger partial charge is 0.397 e. The molecule has 3 aromatic carbocycles. The molecule has 0 aliphatic heterocycles.